The summed E-state index contributed by atoms with van der Waals surface area (Å²) in [7, 11) is 4.04. The summed E-state index contributed by atoms with van der Waals surface area (Å²) in [6.45, 7) is 0. The number of rotatable bonds is 2. The lowest BCUT2D eigenvalue weighted by Gasteiger charge is -2.11. The van der Waals surface area contributed by atoms with E-state index < -0.39 is 4.92 Å². The molecule has 0 spiro atoms. The lowest BCUT2D eigenvalue weighted by molar-refractivity contribution is -0.384. The quantitative estimate of drug-likeness (QED) is 0.288. The number of nitrogens with zero attached hydrogens (tertiary/aromatic N) is 2. The first-order chi connectivity index (χ1) is 17.5. The van der Waals surface area contributed by atoms with Crippen molar-refractivity contribution in [3.05, 3.63) is 153 Å². The Morgan fingerprint density at radius 1 is 0.639 bits per heavy atom. The Morgan fingerprint density at radius 3 is 1.56 bits per heavy atom. The zero-order chi connectivity index (χ0) is 25.3. The van der Waals surface area contributed by atoms with Crippen molar-refractivity contribution in [3.63, 3.8) is 0 Å². The summed E-state index contributed by atoms with van der Waals surface area (Å²) in [5.41, 5.74) is 6.83. The largest absolute Gasteiger partial charge is 0.378 e. The van der Waals surface area contributed by atoms with E-state index in [0.717, 1.165) is 39.1 Å². The van der Waals surface area contributed by atoms with Gasteiger partial charge in [-0.3, -0.25) is 10.1 Å². The van der Waals surface area contributed by atoms with Gasteiger partial charge >= 0.3 is 0 Å². The van der Waals surface area contributed by atoms with E-state index in [2.05, 4.69) is 52.9 Å². The highest BCUT2D eigenvalue weighted by atomic mass is 16.6. The predicted molar refractivity (Wildman–Crippen MR) is 147 cm³/mol. The van der Waals surface area contributed by atoms with Crippen LogP contribution in [0.2, 0.25) is 0 Å². The van der Waals surface area contributed by atoms with Crippen molar-refractivity contribution in [2.24, 2.45) is 0 Å². The summed E-state index contributed by atoms with van der Waals surface area (Å²) in [6, 6.07) is 14.4. The third-order valence-electron chi connectivity index (χ3n) is 5.49. The van der Waals surface area contributed by atoms with Crippen LogP contribution >= 0.6 is 0 Å². The monoisotopic (exact) mass is 468 g/mol. The van der Waals surface area contributed by atoms with Crippen LogP contribution in [0.5, 0.6) is 0 Å². The van der Waals surface area contributed by atoms with Gasteiger partial charge in [0.2, 0.25) is 0 Å². The second-order valence-corrected chi connectivity index (χ2v) is 8.28. The Bertz CT molecular complexity index is 1500. The molecule has 0 aromatic heterocycles. The minimum Gasteiger partial charge on any atom is -0.378 e. The van der Waals surface area contributed by atoms with E-state index >= 15 is 0 Å². The van der Waals surface area contributed by atoms with Crippen molar-refractivity contribution >= 4 is 11.4 Å². The third-order valence-corrected chi connectivity index (χ3v) is 5.49. The first kappa shape index (κ1) is 24.1. The van der Waals surface area contributed by atoms with Crippen LogP contribution in [-0.2, 0) is 0 Å². The second kappa shape index (κ2) is 11.4. The molecule has 0 atom stereocenters. The van der Waals surface area contributed by atoms with E-state index in [9.17, 15) is 10.1 Å². The SMILES string of the molecule is CN(C)c1ccc(C#CC2=CC=C/C(=C3\C=CC=C(C#Cc4ccc([N+](=O)[O-])cc4)C=C3)C=C2)cc1. The first-order valence-corrected chi connectivity index (χ1v) is 11.4. The number of allylic oxidation sites excluding steroid dienone is 14. The number of non-ortho nitro benzene ring substituents is 1. The van der Waals surface area contributed by atoms with E-state index in [0.29, 0.717) is 0 Å². The van der Waals surface area contributed by atoms with E-state index in [4.69, 9.17) is 0 Å². The van der Waals surface area contributed by atoms with Gasteiger partial charge < -0.3 is 4.90 Å². The van der Waals surface area contributed by atoms with Crippen LogP contribution in [0.15, 0.2) is 132 Å². The predicted octanol–water partition coefficient (Wildman–Crippen LogP) is 6.47. The number of hydrogen-bond donors (Lipinski definition) is 0. The molecule has 0 fully saturated rings. The minimum absolute atomic E-state index is 0.0557. The van der Waals surface area contributed by atoms with E-state index in [1.165, 1.54) is 12.1 Å². The molecule has 0 unspecified atom stereocenters. The molecule has 0 saturated heterocycles. The molecule has 4 rings (SSSR count). The van der Waals surface area contributed by atoms with Gasteiger partial charge in [0.25, 0.3) is 5.69 Å². The Kier molecular flexibility index (Phi) is 7.61. The van der Waals surface area contributed by atoms with Crippen LogP contribution in [0.3, 0.4) is 0 Å². The molecular weight excluding hydrogens is 444 g/mol. The van der Waals surface area contributed by atoms with Gasteiger partial charge in [0.15, 0.2) is 0 Å². The van der Waals surface area contributed by atoms with Gasteiger partial charge in [-0.05, 0) is 71.8 Å². The molecule has 0 saturated carbocycles. The van der Waals surface area contributed by atoms with Crippen LogP contribution in [0.25, 0.3) is 0 Å². The van der Waals surface area contributed by atoms with Crippen LogP contribution in [0, 0.1) is 33.8 Å². The molecule has 2 aliphatic rings. The number of benzene rings is 2. The normalized spacial score (nSPS) is 15.9. The number of hydrogen-bond acceptors (Lipinski definition) is 3. The summed E-state index contributed by atoms with van der Waals surface area (Å²) in [5.74, 6) is 12.7. The van der Waals surface area contributed by atoms with Crippen molar-refractivity contribution < 1.29 is 4.92 Å². The van der Waals surface area contributed by atoms with Crippen LogP contribution in [0.4, 0.5) is 11.4 Å². The van der Waals surface area contributed by atoms with Crippen molar-refractivity contribution in [3.8, 4) is 23.7 Å². The molecule has 0 bridgehead atoms. The molecule has 4 nitrogen and oxygen atoms in total. The fourth-order valence-electron chi connectivity index (χ4n) is 3.44. The summed E-state index contributed by atoms with van der Waals surface area (Å²) in [6.07, 6.45) is 20.1. The zero-order valence-electron chi connectivity index (χ0n) is 20.1. The standard InChI is InChI=1S/C32H24N2O2/c1-33(2)31-21-15-27(16-22-31)11-9-25-5-3-7-29(19-13-25)30-8-4-6-26(14-20-30)10-12-28-17-23-32(24-18-28)34(35)36/h3-8,13-24H,1-2H3/b30-29-. The molecule has 0 aliphatic heterocycles. The molecule has 0 heterocycles. The molecule has 2 aromatic carbocycles. The Labute approximate surface area is 211 Å². The van der Waals surface area contributed by atoms with Gasteiger partial charge in [-0.25, -0.2) is 0 Å². The third kappa shape index (κ3) is 6.50. The molecule has 0 N–H and O–H groups in total. The van der Waals surface area contributed by atoms with Crippen molar-refractivity contribution in [2.75, 3.05) is 19.0 Å². The highest BCUT2D eigenvalue weighted by Crippen LogP contribution is 2.19. The molecule has 0 radical (unpaired) electrons. The summed E-state index contributed by atoms with van der Waals surface area (Å²) >= 11 is 0. The van der Waals surface area contributed by atoms with Crippen molar-refractivity contribution in [2.45, 2.75) is 0 Å². The molecule has 174 valence electrons. The smallest absolute Gasteiger partial charge is 0.269 e. The maximum atomic E-state index is 10.8. The van der Waals surface area contributed by atoms with Crippen LogP contribution in [-0.4, -0.2) is 19.0 Å². The van der Waals surface area contributed by atoms with E-state index in [1.54, 1.807) is 12.1 Å². The van der Waals surface area contributed by atoms with Gasteiger partial charge in [-0.2, -0.15) is 0 Å². The van der Waals surface area contributed by atoms with Crippen LogP contribution in [0.1, 0.15) is 11.1 Å². The lowest BCUT2D eigenvalue weighted by atomic mass is 10.1. The van der Waals surface area contributed by atoms with Crippen LogP contribution < -0.4 is 4.90 Å². The highest BCUT2D eigenvalue weighted by Gasteiger charge is 2.03. The number of nitro benzene ring substituents is 1. The fourth-order valence-corrected chi connectivity index (χ4v) is 3.44. The Hall–Kier alpha value is -5.06. The molecule has 2 aromatic rings. The van der Waals surface area contributed by atoms with Crippen molar-refractivity contribution in [1.29, 1.82) is 0 Å². The molecule has 2 aliphatic carbocycles. The Morgan fingerprint density at radius 2 is 1.11 bits per heavy atom. The van der Waals surface area contributed by atoms with Crippen molar-refractivity contribution in [1.82, 2.24) is 0 Å². The Balaban J connectivity index is 1.45. The van der Waals surface area contributed by atoms with Gasteiger partial charge in [0.05, 0.1) is 4.92 Å². The summed E-state index contributed by atoms with van der Waals surface area (Å²) in [4.78, 5) is 12.4. The maximum Gasteiger partial charge on any atom is 0.269 e. The van der Waals surface area contributed by atoms with Gasteiger partial charge in [-0.1, -0.05) is 60.1 Å². The summed E-state index contributed by atoms with van der Waals surface area (Å²) in [5, 5.41) is 10.8. The number of anilines is 1. The highest BCUT2D eigenvalue weighted by molar-refractivity contribution is 5.58. The summed E-state index contributed by atoms with van der Waals surface area (Å²) < 4.78 is 0. The first-order valence-electron chi connectivity index (χ1n) is 11.4. The van der Waals surface area contributed by atoms with Gasteiger partial charge in [-0.15, -0.1) is 0 Å². The van der Waals surface area contributed by atoms with E-state index in [-0.39, 0.29) is 5.69 Å². The topological polar surface area (TPSA) is 46.4 Å². The average Bonchev–Trinajstić information content (AvgIpc) is 3.27. The molecule has 0 amide bonds. The minimum atomic E-state index is -0.418. The average molecular weight is 469 g/mol. The fraction of sp³-hybridized carbons (Fsp3) is 0.0625. The lowest BCUT2D eigenvalue weighted by Crippen LogP contribution is -2.07. The molecular formula is C32H24N2O2. The second-order valence-electron chi connectivity index (χ2n) is 8.28. The molecule has 4 heteroatoms. The van der Waals surface area contributed by atoms with Gasteiger partial charge in [0.1, 0.15) is 0 Å². The van der Waals surface area contributed by atoms with Gasteiger partial charge in [0, 0.05) is 54.2 Å². The number of nitro groups is 1. The maximum absolute atomic E-state index is 10.8. The van der Waals surface area contributed by atoms with E-state index in [1.807, 2.05) is 74.8 Å². The molecule has 36 heavy (non-hydrogen) atoms. The zero-order valence-corrected chi connectivity index (χ0v) is 20.1.